The standard InChI is InChI=1S/C21H24N2O3/c1-4-10-23-11-9-21(18(23)12-14(2)24)16-7-5-6-8-17(16)22-19(21)15(13-23)20(25)26-3/h4-8,18H,1,9-13H2,2-3H3/p+1. The van der Waals surface area contributed by atoms with Crippen molar-refractivity contribution in [2.45, 2.75) is 31.2 Å². The molecule has 3 aliphatic rings. The first-order valence-electron chi connectivity index (χ1n) is 9.13. The highest BCUT2D eigenvalue weighted by molar-refractivity contribution is 5.93. The summed E-state index contributed by atoms with van der Waals surface area (Å²) in [6.07, 6.45) is 3.33. The molecule has 3 unspecified atom stereocenters. The molecule has 1 saturated heterocycles. The largest absolute Gasteiger partial charge is 0.465 e. The van der Waals surface area contributed by atoms with E-state index in [9.17, 15) is 9.59 Å². The number of carbonyl (C=O) groups is 2. The van der Waals surface area contributed by atoms with E-state index in [1.54, 1.807) is 6.92 Å². The Balaban J connectivity index is 1.99. The molecule has 3 heterocycles. The van der Waals surface area contributed by atoms with Crippen molar-refractivity contribution >= 4 is 17.4 Å². The normalized spacial score (nSPS) is 31.1. The Kier molecular flexibility index (Phi) is 3.81. The van der Waals surface area contributed by atoms with Gasteiger partial charge in [-0.1, -0.05) is 24.8 Å². The third-order valence-electron chi connectivity index (χ3n) is 6.48. The van der Waals surface area contributed by atoms with Gasteiger partial charge in [0.25, 0.3) is 0 Å². The zero-order chi connectivity index (χ0) is 18.5. The Labute approximate surface area is 153 Å². The maximum atomic E-state index is 12.6. The lowest BCUT2D eigenvalue weighted by molar-refractivity contribution is -0.932. The number of nitrogens with zero attached hydrogens (tertiary/aromatic N) is 1. The van der Waals surface area contributed by atoms with E-state index < -0.39 is 0 Å². The number of ketones is 1. The fraction of sp³-hybridized carbons (Fsp3) is 0.429. The van der Waals surface area contributed by atoms with Crippen molar-refractivity contribution in [3.05, 3.63) is 53.8 Å². The number of para-hydroxylation sites is 1. The third kappa shape index (κ3) is 2.07. The highest BCUT2D eigenvalue weighted by atomic mass is 16.5. The number of fused-ring (bicyclic) bond motifs is 2. The third-order valence-corrected chi connectivity index (χ3v) is 6.48. The van der Waals surface area contributed by atoms with Crippen LogP contribution >= 0.6 is 0 Å². The predicted molar refractivity (Wildman–Crippen MR) is 99.5 cm³/mol. The van der Waals surface area contributed by atoms with E-state index in [4.69, 9.17) is 4.74 Å². The molecule has 0 saturated carbocycles. The first kappa shape index (κ1) is 17.0. The number of Topliss-reactive ketones (excluding diaryl/α,β-unsaturated/α-hetero) is 1. The van der Waals surface area contributed by atoms with Crippen molar-refractivity contribution < 1.29 is 18.8 Å². The second-order valence-corrected chi connectivity index (χ2v) is 7.73. The van der Waals surface area contributed by atoms with Gasteiger partial charge in [-0.15, -0.1) is 0 Å². The Hall–Kier alpha value is -2.40. The van der Waals surface area contributed by atoms with Crippen LogP contribution in [0.4, 0.5) is 5.69 Å². The monoisotopic (exact) mass is 353 g/mol. The molecule has 1 aromatic rings. The first-order chi connectivity index (χ1) is 12.5. The lowest BCUT2D eigenvalue weighted by atomic mass is 9.68. The lowest BCUT2D eigenvalue weighted by Gasteiger charge is -2.47. The number of hydrogen-bond donors (Lipinski definition) is 1. The Bertz CT molecular complexity index is 843. The number of ether oxygens (including phenoxy) is 1. The molecule has 5 heteroatoms. The van der Waals surface area contributed by atoms with Gasteiger partial charge in [-0.05, 0) is 24.6 Å². The minimum atomic E-state index is -0.326. The van der Waals surface area contributed by atoms with Gasteiger partial charge in [-0.25, -0.2) is 4.79 Å². The zero-order valence-corrected chi connectivity index (χ0v) is 15.4. The van der Waals surface area contributed by atoms with Crippen LogP contribution in [0.25, 0.3) is 0 Å². The summed E-state index contributed by atoms with van der Waals surface area (Å²) >= 11 is 0. The number of anilines is 1. The molecule has 26 heavy (non-hydrogen) atoms. The van der Waals surface area contributed by atoms with Gasteiger partial charge in [0.15, 0.2) is 0 Å². The maximum absolute atomic E-state index is 12.6. The van der Waals surface area contributed by atoms with Crippen LogP contribution in [0, 0.1) is 0 Å². The van der Waals surface area contributed by atoms with E-state index in [2.05, 4.69) is 24.0 Å². The maximum Gasteiger partial charge on any atom is 0.341 e. The summed E-state index contributed by atoms with van der Waals surface area (Å²) in [6.45, 7) is 7.86. The summed E-state index contributed by atoms with van der Waals surface area (Å²) in [4.78, 5) is 24.8. The van der Waals surface area contributed by atoms with Gasteiger partial charge in [0.05, 0.1) is 32.0 Å². The Morgan fingerprint density at radius 1 is 1.42 bits per heavy atom. The van der Waals surface area contributed by atoms with Crippen LogP contribution in [0.2, 0.25) is 0 Å². The van der Waals surface area contributed by atoms with Crippen molar-refractivity contribution in [1.29, 1.82) is 0 Å². The molecule has 4 rings (SSSR count). The Morgan fingerprint density at radius 2 is 2.19 bits per heavy atom. The van der Waals surface area contributed by atoms with Crippen molar-refractivity contribution in [2.75, 3.05) is 32.1 Å². The number of carbonyl (C=O) groups excluding carboxylic acids is 2. The summed E-state index contributed by atoms with van der Waals surface area (Å²) in [6, 6.07) is 8.33. The van der Waals surface area contributed by atoms with Crippen LogP contribution < -0.4 is 5.32 Å². The van der Waals surface area contributed by atoms with Crippen molar-refractivity contribution in [1.82, 2.24) is 0 Å². The number of hydrogen-bond acceptors (Lipinski definition) is 4. The summed E-state index contributed by atoms with van der Waals surface area (Å²) in [7, 11) is 1.43. The van der Waals surface area contributed by atoms with Crippen LogP contribution in [0.1, 0.15) is 25.3 Å². The molecule has 3 aliphatic heterocycles. The number of benzene rings is 1. The SMILES string of the molecule is C=CC[N+]12CCC3(C(=C(C(=O)OC)C1)Nc1ccccc13)C2CC(C)=O. The summed E-state index contributed by atoms with van der Waals surface area (Å²) in [5, 5.41) is 3.51. The second-order valence-electron chi connectivity index (χ2n) is 7.73. The molecule has 0 aliphatic carbocycles. The number of rotatable bonds is 5. The number of nitrogens with one attached hydrogen (secondary N) is 1. The van der Waals surface area contributed by atoms with Crippen LogP contribution in [-0.4, -0.2) is 49.0 Å². The summed E-state index contributed by atoms with van der Waals surface area (Å²) < 4.78 is 5.82. The predicted octanol–water partition coefficient (Wildman–Crippen LogP) is 2.54. The van der Waals surface area contributed by atoms with Crippen LogP contribution in [0.5, 0.6) is 0 Å². The molecule has 1 aromatic carbocycles. The molecular formula is C21H25N2O3+. The molecule has 1 N–H and O–H groups in total. The molecular weight excluding hydrogens is 328 g/mol. The van der Waals surface area contributed by atoms with Crippen LogP contribution in [0.3, 0.4) is 0 Å². The lowest BCUT2D eigenvalue weighted by Crippen LogP contribution is -2.61. The first-order valence-corrected chi connectivity index (χ1v) is 9.13. The molecule has 136 valence electrons. The van der Waals surface area contributed by atoms with Gasteiger partial charge in [0.1, 0.15) is 23.9 Å². The van der Waals surface area contributed by atoms with Crippen LogP contribution in [-0.2, 0) is 19.7 Å². The average molecular weight is 353 g/mol. The highest BCUT2D eigenvalue weighted by Gasteiger charge is 2.67. The number of methoxy groups -OCH3 is 1. The van der Waals surface area contributed by atoms with Gasteiger partial charge in [0, 0.05) is 17.8 Å². The molecule has 5 nitrogen and oxygen atoms in total. The fourth-order valence-corrected chi connectivity index (χ4v) is 5.55. The summed E-state index contributed by atoms with van der Waals surface area (Å²) in [5.41, 5.74) is 3.58. The topological polar surface area (TPSA) is 55.4 Å². The average Bonchev–Trinajstić information content (AvgIpc) is 3.07. The van der Waals surface area contributed by atoms with Gasteiger partial charge >= 0.3 is 5.97 Å². The minimum Gasteiger partial charge on any atom is -0.465 e. The number of quaternary nitrogens is 1. The van der Waals surface area contributed by atoms with Gasteiger partial charge in [0.2, 0.25) is 0 Å². The van der Waals surface area contributed by atoms with Gasteiger partial charge < -0.3 is 14.5 Å². The van der Waals surface area contributed by atoms with Gasteiger partial charge in [-0.2, -0.15) is 0 Å². The molecule has 2 bridgehead atoms. The molecule has 0 aromatic heterocycles. The van der Waals surface area contributed by atoms with Crippen LogP contribution in [0.15, 0.2) is 48.2 Å². The molecule has 1 spiro atoms. The van der Waals surface area contributed by atoms with Crippen molar-refractivity contribution in [2.24, 2.45) is 0 Å². The van der Waals surface area contributed by atoms with E-state index in [0.717, 1.165) is 30.9 Å². The molecule has 0 radical (unpaired) electrons. The second kappa shape index (κ2) is 5.81. The van der Waals surface area contributed by atoms with Crippen molar-refractivity contribution in [3.8, 4) is 0 Å². The van der Waals surface area contributed by atoms with E-state index in [1.165, 1.54) is 12.7 Å². The Morgan fingerprint density at radius 3 is 2.88 bits per heavy atom. The van der Waals surface area contributed by atoms with Crippen molar-refractivity contribution in [3.63, 3.8) is 0 Å². The summed E-state index contributed by atoms with van der Waals surface area (Å²) in [5.74, 6) is -0.0903. The smallest absolute Gasteiger partial charge is 0.341 e. The van der Waals surface area contributed by atoms with E-state index in [0.29, 0.717) is 23.0 Å². The number of esters is 1. The van der Waals surface area contributed by atoms with E-state index in [-0.39, 0.29) is 23.2 Å². The minimum absolute atomic E-state index is 0.109. The van der Waals surface area contributed by atoms with Gasteiger partial charge in [-0.3, -0.25) is 4.79 Å². The highest BCUT2D eigenvalue weighted by Crippen LogP contribution is 2.59. The zero-order valence-electron chi connectivity index (χ0n) is 15.4. The van der Waals surface area contributed by atoms with E-state index in [1.807, 2.05) is 18.2 Å². The fourth-order valence-electron chi connectivity index (χ4n) is 5.55. The molecule has 1 fully saturated rings. The molecule has 0 amide bonds. The quantitative estimate of drug-likeness (QED) is 0.502. The molecule has 3 atom stereocenters. The van der Waals surface area contributed by atoms with E-state index >= 15 is 0 Å².